The van der Waals surface area contributed by atoms with Gasteiger partial charge in [0, 0.05) is 30.6 Å². The largest absolute Gasteiger partial charge is 0.494 e. The quantitative estimate of drug-likeness (QED) is 0.424. The van der Waals surface area contributed by atoms with E-state index in [1.807, 2.05) is 19.9 Å². The highest BCUT2D eigenvalue weighted by Gasteiger charge is 2.22. The van der Waals surface area contributed by atoms with Crippen LogP contribution < -0.4 is 15.2 Å². The predicted molar refractivity (Wildman–Crippen MR) is 109 cm³/mol. The summed E-state index contributed by atoms with van der Waals surface area (Å²) in [4.78, 5) is 6.64. The van der Waals surface area contributed by atoms with Crippen molar-refractivity contribution < 1.29 is 14.2 Å². The molecule has 2 atom stereocenters. The molecule has 0 radical (unpaired) electrons. The Labute approximate surface area is 166 Å². The van der Waals surface area contributed by atoms with Crippen molar-refractivity contribution >= 4 is 29.9 Å². The van der Waals surface area contributed by atoms with Gasteiger partial charge in [0.1, 0.15) is 17.6 Å². The van der Waals surface area contributed by atoms with E-state index in [1.54, 1.807) is 0 Å². The lowest BCUT2D eigenvalue weighted by molar-refractivity contribution is 0.00528. The van der Waals surface area contributed by atoms with Gasteiger partial charge in [0.05, 0.1) is 25.9 Å². The predicted octanol–water partition coefficient (Wildman–Crippen LogP) is 2.56. The standard InChI is InChI=1S/C18H27N3O3.HI/c1-4-22-16-8-14-7-12(2)24-17(14)9-15(16)10-20-18(19)21-5-6-23-13(3)11-21;/h8-9,12-13H,4-7,10-11H2,1-3H3,(H2,19,20);1H. The van der Waals surface area contributed by atoms with Gasteiger partial charge >= 0.3 is 0 Å². The molecular weight excluding hydrogens is 433 g/mol. The number of guanidine groups is 1. The molecule has 2 N–H and O–H groups in total. The van der Waals surface area contributed by atoms with Crippen molar-refractivity contribution in [1.82, 2.24) is 4.90 Å². The van der Waals surface area contributed by atoms with Gasteiger partial charge in [-0.2, -0.15) is 0 Å². The van der Waals surface area contributed by atoms with Crippen LogP contribution in [0.25, 0.3) is 0 Å². The van der Waals surface area contributed by atoms with Crippen molar-refractivity contribution in [3.63, 3.8) is 0 Å². The highest BCUT2D eigenvalue weighted by Crippen LogP contribution is 2.35. The fourth-order valence-electron chi connectivity index (χ4n) is 3.19. The highest BCUT2D eigenvalue weighted by molar-refractivity contribution is 14.0. The van der Waals surface area contributed by atoms with Gasteiger partial charge in [-0.1, -0.05) is 0 Å². The molecule has 7 heteroatoms. The Kier molecular flexibility index (Phi) is 7.18. The Hall–Kier alpha value is -1.22. The summed E-state index contributed by atoms with van der Waals surface area (Å²) < 4.78 is 17.2. The summed E-state index contributed by atoms with van der Waals surface area (Å²) in [5, 5.41) is 0. The fraction of sp³-hybridized carbons (Fsp3) is 0.611. The van der Waals surface area contributed by atoms with Gasteiger partial charge in [-0.3, -0.25) is 0 Å². The lowest BCUT2D eigenvalue weighted by Gasteiger charge is -2.31. The molecular formula is C18H28IN3O3. The first-order valence-electron chi connectivity index (χ1n) is 8.68. The third-order valence-electron chi connectivity index (χ3n) is 4.36. The lowest BCUT2D eigenvalue weighted by atomic mass is 10.1. The van der Waals surface area contributed by atoms with Crippen LogP contribution in [0, 0.1) is 0 Å². The molecule has 0 spiro atoms. The maximum atomic E-state index is 6.17. The van der Waals surface area contributed by atoms with Gasteiger partial charge in [0.15, 0.2) is 5.96 Å². The number of morpholine rings is 1. The molecule has 25 heavy (non-hydrogen) atoms. The summed E-state index contributed by atoms with van der Waals surface area (Å²) in [6.45, 7) is 9.47. The van der Waals surface area contributed by atoms with Crippen molar-refractivity contribution in [3.8, 4) is 11.5 Å². The summed E-state index contributed by atoms with van der Waals surface area (Å²) in [7, 11) is 0. The first kappa shape index (κ1) is 20.1. The second kappa shape index (κ2) is 8.93. The van der Waals surface area contributed by atoms with E-state index >= 15 is 0 Å². The third kappa shape index (κ3) is 4.91. The number of nitrogens with zero attached hydrogens (tertiary/aromatic N) is 2. The normalized spacial score (nSPS) is 22.8. The number of halogens is 1. The molecule has 6 nitrogen and oxygen atoms in total. The zero-order valence-electron chi connectivity index (χ0n) is 15.2. The second-order valence-corrected chi connectivity index (χ2v) is 6.44. The van der Waals surface area contributed by atoms with Gasteiger partial charge in [0.25, 0.3) is 0 Å². The Morgan fingerprint density at radius 2 is 2.16 bits per heavy atom. The second-order valence-electron chi connectivity index (χ2n) is 6.44. The molecule has 0 amide bonds. The Bertz CT molecular complexity index is 624. The maximum Gasteiger partial charge on any atom is 0.191 e. The minimum atomic E-state index is 0. The first-order valence-corrected chi connectivity index (χ1v) is 8.68. The molecule has 0 aliphatic carbocycles. The van der Waals surface area contributed by atoms with Crippen LogP contribution in [0.3, 0.4) is 0 Å². The molecule has 2 aliphatic rings. The fourth-order valence-corrected chi connectivity index (χ4v) is 3.19. The van der Waals surface area contributed by atoms with Gasteiger partial charge in [0.2, 0.25) is 0 Å². The van der Waals surface area contributed by atoms with E-state index in [-0.39, 0.29) is 36.2 Å². The lowest BCUT2D eigenvalue weighted by Crippen LogP contribution is -2.47. The summed E-state index contributed by atoms with van der Waals surface area (Å²) in [6.07, 6.45) is 1.32. The van der Waals surface area contributed by atoms with E-state index in [0.29, 0.717) is 25.7 Å². The number of hydrogen-bond acceptors (Lipinski definition) is 4. The van der Waals surface area contributed by atoms with Crippen molar-refractivity contribution in [2.75, 3.05) is 26.3 Å². The summed E-state index contributed by atoms with van der Waals surface area (Å²) in [5.41, 5.74) is 8.38. The summed E-state index contributed by atoms with van der Waals surface area (Å²) >= 11 is 0. The van der Waals surface area contributed by atoms with Gasteiger partial charge in [-0.15, -0.1) is 24.0 Å². The van der Waals surface area contributed by atoms with Gasteiger partial charge < -0.3 is 24.8 Å². The van der Waals surface area contributed by atoms with Gasteiger partial charge in [-0.25, -0.2) is 4.99 Å². The third-order valence-corrected chi connectivity index (χ3v) is 4.36. The molecule has 1 aromatic rings. The summed E-state index contributed by atoms with van der Waals surface area (Å²) in [6, 6.07) is 4.13. The van der Waals surface area contributed by atoms with Gasteiger partial charge in [-0.05, 0) is 32.9 Å². The highest BCUT2D eigenvalue weighted by atomic mass is 127. The number of rotatable bonds is 4. The zero-order chi connectivity index (χ0) is 17.1. The number of nitrogens with two attached hydrogens (primary N) is 1. The maximum absolute atomic E-state index is 6.17. The number of hydrogen-bond donors (Lipinski definition) is 1. The van der Waals surface area contributed by atoms with Crippen LogP contribution in [0.15, 0.2) is 17.1 Å². The van der Waals surface area contributed by atoms with Crippen LogP contribution in [0.4, 0.5) is 0 Å². The molecule has 1 fully saturated rings. The molecule has 2 unspecified atom stereocenters. The first-order chi connectivity index (χ1) is 11.6. The SMILES string of the molecule is CCOc1cc2c(cc1CN=C(N)N1CCOC(C)C1)OC(C)C2.I. The van der Waals surface area contributed by atoms with Crippen LogP contribution in [0.5, 0.6) is 11.5 Å². The Morgan fingerprint density at radius 3 is 2.88 bits per heavy atom. The smallest absolute Gasteiger partial charge is 0.191 e. The van der Waals surface area contributed by atoms with E-state index in [2.05, 4.69) is 22.9 Å². The number of aliphatic imine (C=N–C) groups is 1. The van der Waals surface area contributed by atoms with E-state index in [0.717, 1.165) is 36.6 Å². The number of benzene rings is 1. The van der Waals surface area contributed by atoms with Crippen LogP contribution in [0.2, 0.25) is 0 Å². The van der Waals surface area contributed by atoms with E-state index in [1.165, 1.54) is 5.56 Å². The average molecular weight is 461 g/mol. The van der Waals surface area contributed by atoms with E-state index in [4.69, 9.17) is 19.9 Å². The van der Waals surface area contributed by atoms with E-state index in [9.17, 15) is 0 Å². The molecule has 2 aliphatic heterocycles. The molecule has 1 saturated heterocycles. The average Bonchev–Trinajstić information content (AvgIpc) is 2.91. The minimum Gasteiger partial charge on any atom is -0.494 e. The van der Waals surface area contributed by atoms with Crippen molar-refractivity contribution in [1.29, 1.82) is 0 Å². The molecule has 140 valence electrons. The van der Waals surface area contributed by atoms with Crippen molar-refractivity contribution in [2.24, 2.45) is 10.7 Å². The van der Waals surface area contributed by atoms with Crippen LogP contribution in [0.1, 0.15) is 31.9 Å². The van der Waals surface area contributed by atoms with Crippen molar-refractivity contribution in [3.05, 3.63) is 23.3 Å². The molecule has 0 bridgehead atoms. The Morgan fingerprint density at radius 1 is 1.36 bits per heavy atom. The number of ether oxygens (including phenoxy) is 3. The minimum absolute atomic E-state index is 0. The summed E-state index contributed by atoms with van der Waals surface area (Å²) in [5.74, 6) is 2.37. The van der Waals surface area contributed by atoms with Crippen molar-refractivity contribution in [2.45, 2.75) is 45.9 Å². The van der Waals surface area contributed by atoms with Crippen LogP contribution >= 0.6 is 24.0 Å². The molecule has 2 heterocycles. The topological polar surface area (TPSA) is 69.3 Å². The molecule has 0 saturated carbocycles. The number of fused-ring (bicyclic) bond motifs is 1. The Balaban J connectivity index is 0.00000225. The van der Waals surface area contributed by atoms with Crippen LogP contribution in [-0.4, -0.2) is 49.4 Å². The molecule has 3 rings (SSSR count). The zero-order valence-corrected chi connectivity index (χ0v) is 17.5. The molecule has 1 aromatic carbocycles. The molecule has 0 aromatic heterocycles. The monoisotopic (exact) mass is 461 g/mol. The van der Waals surface area contributed by atoms with Crippen LogP contribution in [-0.2, 0) is 17.7 Å². The van der Waals surface area contributed by atoms with E-state index < -0.39 is 0 Å².